The molecule has 1 aliphatic rings. The van der Waals surface area contributed by atoms with E-state index >= 15 is 0 Å². The summed E-state index contributed by atoms with van der Waals surface area (Å²) in [5.41, 5.74) is 0.464. The van der Waals surface area contributed by atoms with Crippen molar-refractivity contribution in [1.29, 1.82) is 0 Å². The van der Waals surface area contributed by atoms with Crippen LogP contribution in [0.2, 0.25) is 0 Å². The Bertz CT molecular complexity index is 456. The minimum Gasteiger partial charge on any atom is -0.315 e. The third kappa shape index (κ3) is 2.99. The SMILES string of the molecule is C[C@@H](c1cnccn1)S(=O)(=O)N[C@H]1CCNC1. The van der Waals surface area contributed by atoms with Gasteiger partial charge >= 0.3 is 0 Å². The molecule has 94 valence electrons. The monoisotopic (exact) mass is 256 g/mol. The molecule has 0 unspecified atom stereocenters. The Hall–Kier alpha value is -1.05. The third-order valence-electron chi connectivity index (χ3n) is 2.86. The first kappa shape index (κ1) is 12.4. The number of nitrogens with one attached hydrogen (secondary N) is 2. The van der Waals surface area contributed by atoms with E-state index in [4.69, 9.17) is 0 Å². The zero-order valence-corrected chi connectivity index (χ0v) is 10.4. The van der Waals surface area contributed by atoms with Crippen molar-refractivity contribution in [2.75, 3.05) is 13.1 Å². The second-order valence-corrected chi connectivity index (χ2v) is 6.16. The van der Waals surface area contributed by atoms with Crippen LogP contribution < -0.4 is 10.0 Å². The van der Waals surface area contributed by atoms with Gasteiger partial charge < -0.3 is 5.32 Å². The molecule has 0 saturated carbocycles. The molecular weight excluding hydrogens is 240 g/mol. The number of aromatic nitrogens is 2. The highest BCUT2D eigenvalue weighted by Crippen LogP contribution is 2.18. The maximum Gasteiger partial charge on any atom is 0.220 e. The van der Waals surface area contributed by atoms with Crippen LogP contribution in [0, 0.1) is 0 Å². The highest BCUT2D eigenvalue weighted by molar-refractivity contribution is 7.89. The van der Waals surface area contributed by atoms with Crippen molar-refractivity contribution < 1.29 is 8.42 Å². The number of rotatable bonds is 4. The summed E-state index contributed by atoms with van der Waals surface area (Å²) < 4.78 is 26.9. The molecule has 1 aliphatic heterocycles. The van der Waals surface area contributed by atoms with Gasteiger partial charge in [0.2, 0.25) is 10.0 Å². The molecule has 0 bridgehead atoms. The molecule has 0 amide bonds. The van der Waals surface area contributed by atoms with Crippen molar-refractivity contribution in [2.24, 2.45) is 0 Å². The van der Waals surface area contributed by atoms with Gasteiger partial charge in [0.25, 0.3) is 0 Å². The van der Waals surface area contributed by atoms with Crippen LogP contribution in [0.5, 0.6) is 0 Å². The molecule has 1 saturated heterocycles. The van der Waals surface area contributed by atoms with Gasteiger partial charge in [-0.05, 0) is 19.9 Å². The molecule has 2 heterocycles. The fourth-order valence-corrected chi connectivity index (χ4v) is 3.08. The standard InChI is InChI=1S/C10H16N4O2S/c1-8(10-7-12-4-5-13-10)17(15,16)14-9-2-3-11-6-9/h4-5,7-9,11,14H,2-3,6H2,1H3/t8-,9-/m0/s1. The molecule has 0 aromatic carbocycles. The van der Waals surface area contributed by atoms with Gasteiger partial charge in [0, 0.05) is 31.2 Å². The molecular formula is C10H16N4O2S. The van der Waals surface area contributed by atoms with E-state index in [0.29, 0.717) is 12.2 Å². The van der Waals surface area contributed by atoms with Crippen molar-refractivity contribution in [2.45, 2.75) is 24.6 Å². The van der Waals surface area contributed by atoms with Gasteiger partial charge in [0.05, 0.1) is 5.69 Å². The van der Waals surface area contributed by atoms with Gasteiger partial charge in [-0.25, -0.2) is 13.1 Å². The Morgan fingerprint density at radius 2 is 2.35 bits per heavy atom. The van der Waals surface area contributed by atoms with Crippen LogP contribution in [0.1, 0.15) is 24.3 Å². The minimum absolute atomic E-state index is 0.0147. The summed E-state index contributed by atoms with van der Waals surface area (Å²) in [5, 5.41) is 2.44. The van der Waals surface area contributed by atoms with E-state index in [1.165, 1.54) is 18.6 Å². The smallest absolute Gasteiger partial charge is 0.220 e. The van der Waals surface area contributed by atoms with Crippen molar-refractivity contribution in [3.05, 3.63) is 24.3 Å². The first-order chi connectivity index (χ1) is 8.09. The predicted octanol–water partition coefficient (Wildman–Crippen LogP) is -0.181. The largest absolute Gasteiger partial charge is 0.315 e. The number of hydrogen-bond acceptors (Lipinski definition) is 5. The lowest BCUT2D eigenvalue weighted by Gasteiger charge is -2.16. The zero-order valence-electron chi connectivity index (χ0n) is 9.63. The highest BCUT2D eigenvalue weighted by Gasteiger charge is 2.28. The van der Waals surface area contributed by atoms with Gasteiger partial charge in [0.1, 0.15) is 5.25 Å². The van der Waals surface area contributed by atoms with Crippen LogP contribution in [0.25, 0.3) is 0 Å². The summed E-state index contributed by atoms with van der Waals surface area (Å²) in [6.45, 7) is 3.16. The molecule has 2 atom stereocenters. The van der Waals surface area contributed by atoms with Crippen molar-refractivity contribution in [3.8, 4) is 0 Å². The Morgan fingerprint density at radius 3 is 2.94 bits per heavy atom. The third-order valence-corrected chi connectivity index (χ3v) is 4.69. The molecule has 0 radical (unpaired) electrons. The molecule has 0 aliphatic carbocycles. The van der Waals surface area contributed by atoms with Crippen molar-refractivity contribution in [3.63, 3.8) is 0 Å². The van der Waals surface area contributed by atoms with Crippen LogP contribution >= 0.6 is 0 Å². The van der Waals surface area contributed by atoms with Crippen LogP contribution in [-0.4, -0.2) is 37.5 Å². The molecule has 2 rings (SSSR count). The average Bonchev–Trinajstić information content (AvgIpc) is 2.81. The van der Waals surface area contributed by atoms with Crippen LogP contribution in [0.15, 0.2) is 18.6 Å². The van der Waals surface area contributed by atoms with Crippen LogP contribution in [0.4, 0.5) is 0 Å². The van der Waals surface area contributed by atoms with Gasteiger partial charge in [-0.15, -0.1) is 0 Å². The Labute approximate surface area is 101 Å². The zero-order chi connectivity index (χ0) is 12.3. The number of nitrogens with zero attached hydrogens (tertiary/aromatic N) is 2. The summed E-state index contributed by atoms with van der Waals surface area (Å²) in [7, 11) is -3.39. The summed E-state index contributed by atoms with van der Waals surface area (Å²) in [4.78, 5) is 7.91. The number of sulfonamides is 1. The minimum atomic E-state index is -3.39. The first-order valence-electron chi connectivity index (χ1n) is 5.57. The van der Waals surface area contributed by atoms with E-state index in [1.54, 1.807) is 6.92 Å². The molecule has 1 fully saturated rings. The Morgan fingerprint density at radius 1 is 1.53 bits per heavy atom. The first-order valence-corrected chi connectivity index (χ1v) is 7.12. The quantitative estimate of drug-likeness (QED) is 0.780. The fourth-order valence-electron chi connectivity index (χ4n) is 1.77. The average molecular weight is 256 g/mol. The molecule has 2 N–H and O–H groups in total. The van der Waals surface area contributed by atoms with Gasteiger partial charge in [-0.3, -0.25) is 9.97 Å². The lowest BCUT2D eigenvalue weighted by molar-refractivity contribution is 0.549. The molecule has 7 heteroatoms. The van der Waals surface area contributed by atoms with E-state index < -0.39 is 15.3 Å². The Balaban J connectivity index is 2.09. The van der Waals surface area contributed by atoms with Crippen molar-refractivity contribution >= 4 is 10.0 Å². The van der Waals surface area contributed by atoms with Crippen LogP contribution in [-0.2, 0) is 10.0 Å². The maximum absolute atomic E-state index is 12.1. The second kappa shape index (κ2) is 5.07. The van der Waals surface area contributed by atoms with Crippen molar-refractivity contribution in [1.82, 2.24) is 20.0 Å². The predicted molar refractivity (Wildman–Crippen MR) is 63.8 cm³/mol. The van der Waals surface area contributed by atoms with Crippen LogP contribution in [0.3, 0.4) is 0 Å². The molecule has 17 heavy (non-hydrogen) atoms. The maximum atomic E-state index is 12.1. The highest BCUT2D eigenvalue weighted by atomic mass is 32.2. The molecule has 6 nitrogen and oxygen atoms in total. The van der Waals surface area contributed by atoms with E-state index in [2.05, 4.69) is 20.0 Å². The molecule has 1 aromatic heterocycles. The molecule has 0 spiro atoms. The summed E-state index contributed by atoms with van der Waals surface area (Å²) in [6, 6.07) is -0.0147. The summed E-state index contributed by atoms with van der Waals surface area (Å²) >= 11 is 0. The lowest BCUT2D eigenvalue weighted by Crippen LogP contribution is -2.38. The van der Waals surface area contributed by atoms with E-state index in [0.717, 1.165) is 13.0 Å². The van der Waals surface area contributed by atoms with Gasteiger partial charge in [-0.1, -0.05) is 0 Å². The van der Waals surface area contributed by atoms with E-state index in [9.17, 15) is 8.42 Å². The number of hydrogen-bond donors (Lipinski definition) is 2. The Kier molecular flexibility index (Phi) is 3.70. The second-order valence-electron chi connectivity index (χ2n) is 4.13. The summed E-state index contributed by atoms with van der Waals surface area (Å²) in [5.74, 6) is 0. The lowest BCUT2D eigenvalue weighted by atomic mass is 10.3. The topological polar surface area (TPSA) is 84.0 Å². The van der Waals surface area contributed by atoms with E-state index in [1.807, 2.05) is 0 Å². The summed E-state index contributed by atoms with van der Waals surface area (Å²) in [6.07, 6.45) is 5.33. The van der Waals surface area contributed by atoms with E-state index in [-0.39, 0.29) is 6.04 Å². The fraction of sp³-hybridized carbons (Fsp3) is 0.600. The molecule has 1 aromatic rings. The normalized spacial score (nSPS) is 22.5. The van der Waals surface area contributed by atoms with Gasteiger partial charge in [0.15, 0.2) is 0 Å². The van der Waals surface area contributed by atoms with Gasteiger partial charge in [-0.2, -0.15) is 0 Å².